The van der Waals surface area contributed by atoms with Gasteiger partial charge in [-0.3, -0.25) is 0 Å². The van der Waals surface area contributed by atoms with E-state index in [2.05, 4.69) is 221 Å². The molecule has 4 heterocycles. The molecule has 0 amide bonds. The molecule has 4 heteroatoms. The van der Waals surface area contributed by atoms with E-state index < -0.39 is 0 Å². The molecule has 13 rings (SSSR count). The molecule has 0 fully saturated rings. The van der Waals surface area contributed by atoms with Crippen LogP contribution in [0.5, 0.6) is 0 Å². The highest BCUT2D eigenvalue weighted by Gasteiger charge is 2.48. The SMILES string of the molecule is c1ccc(-c2ccc3c(c2)-c2cccc4c2B2c5c(cccc5N4c4cccc(-n5c6ccccc6c6ccccc65)c4)-c4cc(-c5ccccc5)ccc4N23)cc1. The van der Waals surface area contributed by atoms with Gasteiger partial charge in [0.05, 0.1) is 11.0 Å². The van der Waals surface area contributed by atoms with Gasteiger partial charge in [0, 0.05) is 56.0 Å². The molecular formula is C54H34BN3. The van der Waals surface area contributed by atoms with Crippen LogP contribution in [0.3, 0.4) is 0 Å². The molecule has 3 nitrogen and oxygen atoms in total. The van der Waals surface area contributed by atoms with Crippen molar-refractivity contribution in [3.63, 3.8) is 0 Å². The van der Waals surface area contributed by atoms with E-state index in [0.717, 1.165) is 11.4 Å². The van der Waals surface area contributed by atoms with E-state index in [4.69, 9.17) is 0 Å². The second-order valence-electron chi connectivity index (χ2n) is 15.7. The van der Waals surface area contributed by atoms with Crippen molar-refractivity contribution in [1.82, 2.24) is 4.57 Å². The minimum atomic E-state index is 0.0133. The fourth-order valence-electron chi connectivity index (χ4n) is 10.3. The summed E-state index contributed by atoms with van der Waals surface area (Å²) in [7, 11) is 0. The van der Waals surface area contributed by atoms with Gasteiger partial charge < -0.3 is 14.3 Å². The van der Waals surface area contributed by atoms with Crippen molar-refractivity contribution in [3.8, 4) is 50.2 Å². The van der Waals surface area contributed by atoms with Gasteiger partial charge in [-0.15, -0.1) is 0 Å². The lowest BCUT2D eigenvalue weighted by atomic mass is 9.41. The van der Waals surface area contributed by atoms with Crippen LogP contribution in [0.2, 0.25) is 0 Å². The average Bonchev–Trinajstić information content (AvgIpc) is 3.64. The van der Waals surface area contributed by atoms with E-state index in [9.17, 15) is 0 Å². The van der Waals surface area contributed by atoms with E-state index in [1.165, 1.54) is 100.0 Å². The molecule has 0 saturated heterocycles. The van der Waals surface area contributed by atoms with E-state index in [-0.39, 0.29) is 6.85 Å². The monoisotopic (exact) mass is 735 g/mol. The normalized spacial score (nSPS) is 13.1. The molecule has 0 spiro atoms. The molecule has 0 unspecified atom stereocenters. The Morgan fingerprint density at radius 1 is 0.310 bits per heavy atom. The number of para-hydroxylation sites is 2. The van der Waals surface area contributed by atoms with E-state index >= 15 is 0 Å². The number of hydrogen-bond acceptors (Lipinski definition) is 2. The van der Waals surface area contributed by atoms with Crippen LogP contribution in [0.1, 0.15) is 0 Å². The minimum Gasteiger partial charge on any atom is -0.376 e. The predicted octanol–water partition coefficient (Wildman–Crippen LogP) is 12.8. The standard InChI is InChI=1S/C54H34BN3/c1-3-14-35(15-4-1)37-28-30-49-45(32-37)43-22-12-26-51-53(43)55-54-44(46-33-38(29-31-50(46)58(49)55)36-16-5-2-6-17-36)23-13-27-52(54)57(51)40-19-11-18-39(34-40)56-47-24-9-7-20-41(47)42-21-8-10-25-48(42)56/h1-34H. The fraction of sp³-hybridized carbons (Fsp3) is 0. The van der Waals surface area contributed by atoms with Gasteiger partial charge >= 0.3 is 6.85 Å². The first kappa shape index (κ1) is 31.6. The smallest absolute Gasteiger partial charge is 0.333 e. The molecule has 0 aliphatic carbocycles. The molecule has 10 aromatic rings. The van der Waals surface area contributed by atoms with Gasteiger partial charge in [-0.25, -0.2) is 0 Å². The molecule has 0 radical (unpaired) electrons. The molecule has 3 aliphatic heterocycles. The van der Waals surface area contributed by atoms with Crippen molar-refractivity contribution < 1.29 is 0 Å². The molecular weight excluding hydrogens is 701 g/mol. The maximum absolute atomic E-state index is 2.64. The summed E-state index contributed by atoms with van der Waals surface area (Å²) in [5.74, 6) is 0. The molecule has 0 N–H and O–H groups in total. The molecule has 1 aromatic heterocycles. The second-order valence-corrected chi connectivity index (χ2v) is 15.7. The van der Waals surface area contributed by atoms with Crippen molar-refractivity contribution in [2.75, 3.05) is 9.71 Å². The van der Waals surface area contributed by atoms with Crippen molar-refractivity contribution >= 4 is 68.0 Å². The van der Waals surface area contributed by atoms with Crippen LogP contribution in [-0.4, -0.2) is 11.4 Å². The third-order valence-electron chi connectivity index (χ3n) is 12.7. The Hall–Kier alpha value is -7.56. The third kappa shape index (κ3) is 4.34. The van der Waals surface area contributed by atoms with Crippen LogP contribution in [0.15, 0.2) is 206 Å². The molecule has 268 valence electrons. The van der Waals surface area contributed by atoms with E-state index in [0.29, 0.717) is 0 Å². The first-order valence-corrected chi connectivity index (χ1v) is 20.1. The summed E-state index contributed by atoms with van der Waals surface area (Å²) in [4.78, 5) is 5.17. The van der Waals surface area contributed by atoms with Crippen LogP contribution in [0, 0.1) is 0 Å². The van der Waals surface area contributed by atoms with Crippen molar-refractivity contribution in [2.24, 2.45) is 0 Å². The van der Waals surface area contributed by atoms with E-state index in [1.807, 2.05) is 0 Å². The van der Waals surface area contributed by atoms with Crippen molar-refractivity contribution in [1.29, 1.82) is 0 Å². The largest absolute Gasteiger partial charge is 0.376 e. The highest BCUT2D eigenvalue weighted by atomic mass is 15.2. The summed E-state index contributed by atoms with van der Waals surface area (Å²) in [5, 5.41) is 2.53. The molecule has 0 saturated carbocycles. The second kappa shape index (κ2) is 12.0. The van der Waals surface area contributed by atoms with Gasteiger partial charge in [0.2, 0.25) is 0 Å². The van der Waals surface area contributed by atoms with Gasteiger partial charge in [-0.05, 0) is 111 Å². The number of anilines is 5. The van der Waals surface area contributed by atoms with Gasteiger partial charge in [-0.1, -0.05) is 140 Å². The lowest BCUT2D eigenvalue weighted by Crippen LogP contribution is -2.63. The molecule has 58 heavy (non-hydrogen) atoms. The fourth-order valence-corrected chi connectivity index (χ4v) is 10.3. The summed E-state index contributed by atoms with van der Waals surface area (Å²) in [5.41, 5.74) is 22.3. The van der Waals surface area contributed by atoms with Crippen molar-refractivity contribution in [2.45, 2.75) is 0 Å². The zero-order valence-corrected chi connectivity index (χ0v) is 31.5. The van der Waals surface area contributed by atoms with Crippen LogP contribution in [0.25, 0.3) is 72.0 Å². The summed E-state index contributed by atoms with van der Waals surface area (Å²) < 4.78 is 2.42. The minimum absolute atomic E-state index is 0.0133. The Bertz CT molecular complexity index is 3120. The van der Waals surface area contributed by atoms with Crippen LogP contribution in [0.4, 0.5) is 28.4 Å². The summed E-state index contributed by atoms with van der Waals surface area (Å²) in [6, 6.07) is 76.2. The van der Waals surface area contributed by atoms with Gasteiger partial charge in [0.1, 0.15) is 0 Å². The highest BCUT2D eigenvalue weighted by Crippen LogP contribution is 2.52. The molecule has 0 atom stereocenters. The molecule has 0 bridgehead atoms. The first-order valence-electron chi connectivity index (χ1n) is 20.1. The number of aromatic nitrogens is 1. The van der Waals surface area contributed by atoms with Crippen molar-refractivity contribution in [3.05, 3.63) is 206 Å². The predicted molar refractivity (Wildman–Crippen MR) is 244 cm³/mol. The van der Waals surface area contributed by atoms with Crippen LogP contribution in [-0.2, 0) is 0 Å². The van der Waals surface area contributed by atoms with Gasteiger partial charge in [-0.2, -0.15) is 0 Å². The quantitative estimate of drug-likeness (QED) is 0.167. The maximum atomic E-state index is 2.64. The Balaban J connectivity index is 1.09. The number of nitrogens with zero attached hydrogens (tertiary/aromatic N) is 3. The highest BCUT2D eigenvalue weighted by molar-refractivity contribution is 6.95. The van der Waals surface area contributed by atoms with Crippen LogP contribution < -0.4 is 20.6 Å². The Morgan fingerprint density at radius 3 is 1.34 bits per heavy atom. The Kier molecular flexibility index (Phi) is 6.53. The Morgan fingerprint density at radius 2 is 0.793 bits per heavy atom. The van der Waals surface area contributed by atoms with Gasteiger partial charge in [0.15, 0.2) is 0 Å². The number of fused-ring (bicyclic) bond motifs is 9. The summed E-state index contributed by atoms with van der Waals surface area (Å²) in [6.45, 7) is 0.0133. The van der Waals surface area contributed by atoms with Crippen LogP contribution >= 0.6 is 0 Å². The summed E-state index contributed by atoms with van der Waals surface area (Å²) >= 11 is 0. The Labute approximate surface area is 337 Å². The zero-order chi connectivity index (χ0) is 37.9. The number of benzene rings is 9. The van der Waals surface area contributed by atoms with E-state index in [1.54, 1.807) is 0 Å². The third-order valence-corrected chi connectivity index (χ3v) is 12.7. The number of hydrogen-bond donors (Lipinski definition) is 0. The topological polar surface area (TPSA) is 11.4 Å². The zero-order valence-electron chi connectivity index (χ0n) is 31.5. The van der Waals surface area contributed by atoms with Gasteiger partial charge in [0.25, 0.3) is 0 Å². The maximum Gasteiger partial charge on any atom is 0.333 e. The average molecular weight is 736 g/mol. The molecule has 3 aliphatic rings. The number of rotatable bonds is 4. The lowest BCUT2D eigenvalue weighted by Gasteiger charge is -2.49. The lowest BCUT2D eigenvalue weighted by molar-refractivity contribution is 1.17. The summed E-state index contributed by atoms with van der Waals surface area (Å²) in [6.07, 6.45) is 0. The molecule has 9 aromatic carbocycles. The first-order chi connectivity index (χ1) is 28.8.